The molecule has 0 aliphatic carbocycles. The molecule has 1 nitrogen and oxygen atoms in total. The topological polar surface area (TPSA) is 12.9 Å². The molecule has 4 rings (SSSR count). The van der Waals surface area contributed by atoms with Gasteiger partial charge < -0.3 is 0 Å². The van der Waals surface area contributed by atoms with Crippen LogP contribution in [0.3, 0.4) is 0 Å². The van der Waals surface area contributed by atoms with Crippen LogP contribution in [0, 0.1) is 0 Å². The Morgan fingerprint density at radius 3 is 1.00 bits per heavy atom. The van der Waals surface area contributed by atoms with E-state index in [-0.39, 0.29) is 10.8 Å². The van der Waals surface area contributed by atoms with Crippen LogP contribution in [0.25, 0.3) is 33.4 Å². The van der Waals surface area contributed by atoms with E-state index in [1.165, 1.54) is 43.8 Å². The van der Waals surface area contributed by atoms with Crippen LogP contribution in [0.4, 0.5) is 0 Å². The zero-order valence-corrected chi connectivity index (χ0v) is 31.1. The summed E-state index contributed by atoms with van der Waals surface area (Å²) in [5.41, 5.74) is 9.80. The fraction of sp³-hybridized carbons (Fsp3) is 0.378. The van der Waals surface area contributed by atoms with Crippen LogP contribution in [0.5, 0.6) is 0 Å². The highest BCUT2D eigenvalue weighted by Gasteiger charge is 2.24. The van der Waals surface area contributed by atoms with Gasteiger partial charge in [-0.1, -0.05) is 151 Å². The van der Waals surface area contributed by atoms with Gasteiger partial charge in [0.15, 0.2) is 0 Å². The third-order valence-corrected chi connectivity index (χ3v) is 12.5. The van der Waals surface area contributed by atoms with Gasteiger partial charge in [0.05, 0.1) is 16.1 Å². The molecule has 0 amide bonds. The van der Waals surface area contributed by atoms with E-state index in [0.717, 1.165) is 11.1 Å². The van der Waals surface area contributed by atoms with Crippen LogP contribution >= 0.6 is 23.2 Å². The zero-order chi connectivity index (χ0) is 31.4. The van der Waals surface area contributed by atoms with Gasteiger partial charge in [-0.2, -0.15) is 0 Å². The molecule has 0 bridgehead atoms. The Morgan fingerprint density at radius 1 is 0.429 bits per heavy atom. The summed E-state index contributed by atoms with van der Waals surface area (Å²) >= 11 is 12.8. The Morgan fingerprint density at radius 2 is 0.714 bits per heavy atom. The minimum atomic E-state index is -1.57. The fourth-order valence-electron chi connectivity index (χ4n) is 5.08. The second-order valence-corrected chi connectivity index (χ2v) is 26.8. The molecule has 0 fully saturated rings. The molecule has 5 heteroatoms. The maximum Gasteiger partial charge on any atom is 0.131 e. The Bertz CT molecular complexity index is 1450. The second-order valence-electron chi connectivity index (χ2n) is 15.9. The van der Waals surface area contributed by atoms with Crippen LogP contribution in [0.1, 0.15) is 52.7 Å². The van der Waals surface area contributed by atoms with Gasteiger partial charge in [-0.15, -0.1) is 0 Å². The number of nitrogens with zero attached hydrogens (tertiary/aromatic N) is 1. The summed E-state index contributed by atoms with van der Waals surface area (Å²) in [6.07, 6.45) is 0. The quantitative estimate of drug-likeness (QED) is 0.158. The van der Waals surface area contributed by atoms with Crippen LogP contribution < -0.4 is 10.4 Å². The summed E-state index contributed by atoms with van der Waals surface area (Å²) in [6, 6.07) is 25.3. The lowest BCUT2D eigenvalue weighted by molar-refractivity contribution is 0.590. The van der Waals surface area contributed by atoms with Crippen molar-refractivity contribution >= 4 is 49.7 Å². The fourth-order valence-corrected chi connectivity index (χ4v) is 7.89. The smallest absolute Gasteiger partial charge is 0.131 e. The average molecular weight is 633 g/mol. The molecule has 0 aliphatic heterocycles. The van der Waals surface area contributed by atoms with E-state index in [1.807, 2.05) is 12.1 Å². The summed E-state index contributed by atoms with van der Waals surface area (Å²) in [4.78, 5) is 4.22. The average Bonchev–Trinajstić information content (AvgIpc) is 2.85. The van der Waals surface area contributed by atoms with Crippen molar-refractivity contribution in [1.29, 1.82) is 0 Å². The van der Waals surface area contributed by atoms with Gasteiger partial charge in [0.1, 0.15) is 10.3 Å². The summed E-state index contributed by atoms with van der Waals surface area (Å²) in [5.74, 6) is 0. The molecule has 0 unspecified atom stereocenters. The lowest BCUT2D eigenvalue weighted by Crippen LogP contribution is -2.38. The van der Waals surface area contributed by atoms with E-state index < -0.39 is 16.1 Å². The maximum atomic E-state index is 6.41. The monoisotopic (exact) mass is 631 g/mol. The van der Waals surface area contributed by atoms with Gasteiger partial charge in [0, 0.05) is 0 Å². The van der Waals surface area contributed by atoms with Crippen molar-refractivity contribution < 1.29 is 0 Å². The first kappa shape index (κ1) is 32.7. The first-order valence-corrected chi connectivity index (χ1v) is 22.7. The molecule has 0 N–H and O–H groups in total. The van der Waals surface area contributed by atoms with E-state index in [0.29, 0.717) is 10.3 Å². The molecule has 222 valence electrons. The van der Waals surface area contributed by atoms with Gasteiger partial charge in [-0.05, 0) is 85.7 Å². The highest BCUT2D eigenvalue weighted by atomic mass is 35.5. The van der Waals surface area contributed by atoms with Crippen molar-refractivity contribution in [2.45, 2.75) is 91.7 Å². The van der Waals surface area contributed by atoms with Crippen LogP contribution in [-0.4, -0.2) is 21.1 Å². The van der Waals surface area contributed by atoms with Crippen molar-refractivity contribution in [2.75, 3.05) is 0 Å². The number of halogens is 2. The highest BCUT2D eigenvalue weighted by Crippen LogP contribution is 2.37. The van der Waals surface area contributed by atoms with Gasteiger partial charge in [0.25, 0.3) is 0 Å². The Labute approximate surface area is 266 Å². The molecule has 0 aliphatic rings. The first-order chi connectivity index (χ1) is 19.1. The largest absolute Gasteiger partial charge is 0.224 e. The molecular weight excluding hydrogens is 585 g/mol. The minimum Gasteiger partial charge on any atom is -0.224 e. The molecule has 1 aromatic heterocycles. The Balaban J connectivity index is 2.08. The summed E-state index contributed by atoms with van der Waals surface area (Å²) in [6.45, 7) is 28.4. The van der Waals surface area contributed by atoms with E-state index in [4.69, 9.17) is 23.2 Å². The molecule has 0 atom stereocenters. The van der Waals surface area contributed by atoms with Crippen LogP contribution in [0.2, 0.25) is 49.6 Å². The predicted octanol–water partition coefficient (Wildman–Crippen LogP) is 11.1. The Hall–Kier alpha value is -2.18. The van der Waals surface area contributed by atoms with Gasteiger partial charge in [-0.25, -0.2) is 4.98 Å². The van der Waals surface area contributed by atoms with Crippen molar-refractivity contribution in [3.8, 4) is 33.4 Å². The molecule has 3 aromatic carbocycles. The third-order valence-electron chi connectivity index (χ3n) is 8.03. The molecule has 4 aromatic rings. The van der Waals surface area contributed by atoms with Crippen LogP contribution in [0.15, 0.2) is 66.7 Å². The lowest BCUT2D eigenvalue weighted by atomic mass is 9.84. The number of rotatable bonds is 5. The number of aromatic nitrogens is 1. The molecule has 0 saturated heterocycles. The van der Waals surface area contributed by atoms with Gasteiger partial charge in [0.2, 0.25) is 0 Å². The van der Waals surface area contributed by atoms with E-state index in [1.54, 1.807) is 0 Å². The van der Waals surface area contributed by atoms with E-state index in [9.17, 15) is 0 Å². The number of benzene rings is 3. The Kier molecular flexibility index (Phi) is 8.88. The molecule has 1 heterocycles. The van der Waals surface area contributed by atoms with Gasteiger partial charge in [-0.3, -0.25) is 0 Å². The number of hydrogen-bond donors (Lipinski definition) is 0. The number of pyridine rings is 1. The van der Waals surface area contributed by atoms with E-state index in [2.05, 4.69) is 140 Å². The molecule has 0 saturated carbocycles. The highest BCUT2D eigenvalue weighted by molar-refractivity contribution is 6.89. The van der Waals surface area contributed by atoms with Crippen LogP contribution in [-0.2, 0) is 10.8 Å². The molecule has 0 radical (unpaired) electrons. The number of hydrogen-bond acceptors (Lipinski definition) is 1. The first-order valence-electron chi connectivity index (χ1n) is 14.9. The maximum absolute atomic E-state index is 6.41. The van der Waals surface area contributed by atoms with Crippen molar-refractivity contribution in [3.05, 3.63) is 88.2 Å². The van der Waals surface area contributed by atoms with Crippen molar-refractivity contribution in [2.24, 2.45) is 0 Å². The minimum absolute atomic E-state index is 0.0459. The standard InChI is InChI=1S/C37H47Cl2NSi2/c1-36(2,3)30-16-27(18-32(22-30)41(7,8)9)24-13-25(15-26(14-24)29-20-34(38)40-35(39)21-29)28-17-31(37(4,5)6)23-33(19-28)42(10,11)12/h13-23H,1-12H3. The second kappa shape index (κ2) is 11.4. The third kappa shape index (κ3) is 7.66. The molecule has 42 heavy (non-hydrogen) atoms. The van der Waals surface area contributed by atoms with Crippen molar-refractivity contribution in [1.82, 2.24) is 4.98 Å². The SMILES string of the molecule is CC(C)(C)c1cc(-c2cc(-c3cc(C(C)(C)C)cc([Si](C)(C)C)c3)cc(-c3cc(Cl)nc(Cl)c3)c2)cc([Si](C)(C)C)c1. The normalized spacial score (nSPS) is 13.0. The van der Waals surface area contributed by atoms with Crippen molar-refractivity contribution in [3.63, 3.8) is 0 Å². The van der Waals surface area contributed by atoms with Gasteiger partial charge >= 0.3 is 0 Å². The molecule has 0 spiro atoms. The summed E-state index contributed by atoms with van der Waals surface area (Å²) in [5, 5.41) is 3.75. The predicted molar refractivity (Wildman–Crippen MR) is 194 cm³/mol. The summed E-state index contributed by atoms with van der Waals surface area (Å²) < 4.78 is 0. The zero-order valence-electron chi connectivity index (χ0n) is 27.6. The molecular formula is C37H47Cl2NSi2. The lowest BCUT2D eigenvalue weighted by Gasteiger charge is -2.26. The summed E-state index contributed by atoms with van der Waals surface area (Å²) in [7, 11) is -3.15. The van der Waals surface area contributed by atoms with E-state index >= 15 is 0 Å².